The lowest BCUT2D eigenvalue weighted by molar-refractivity contribution is 0.670. The van der Waals surface area contributed by atoms with Gasteiger partial charge in [0.05, 0.1) is 0 Å². The molecule has 0 saturated heterocycles. The van der Waals surface area contributed by atoms with Gasteiger partial charge in [-0.2, -0.15) is 0 Å². The van der Waals surface area contributed by atoms with Gasteiger partial charge < -0.3 is 9.32 Å². The molecule has 0 radical (unpaired) electrons. The molecule has 1 aliphatic heterocycles. The van der Waals surface area contributed by atoms with Gasteiger partial charge in [-0.05, 0) is 86.4 Å². The first-order valence-corrected chi connectivity index (χ1v) is 21.7. The van der Waals surface area contributed by atoms with Crippen LogP contribution in [0.2, 0.25) is 13.1 Å². The summed E-state index contributed by atoms with van der Waals surface area (Å²) in [6.07, 6.45) is 0. The molecule has 2 aromatic heterocycles. The minimum absolute atomic E-state index is 0.948. The molecule has 0 unspecified atom stereocenters. The Labute approximate surface area is 306 Å². The number of rotatable bonds is 4. The lowest BCUT2D eigenvalue weighted by Gasteiger charge is -2.28. The maximum Gasteiger partial charge on any atom is 0.143 e. The highest BCUT2D eigenvalue weighted by molar-refractivity contribution is 7.25. The van der Waals surface area contributed by atoms with Crippen LogP contribution in [0.4, 0.5) is 17.1 Å². The van der Waals surface area contributed by atoms with Gasteiger partial charge in [-0.3, -0.25) is 0 Å². The zero-order valence-corrected chi connectivity index (χ0v) is 30.7. The molecule has 52 heavy (non-hydrogen) atoms. The van der Waals surface area contributed by atoms with Crippen molar-refractivity contribution in [2.24, 2.45) is 0 Å². The lowest BCUT2D eigenvalue weighted by Crippen LogP contribution is -2.49. The van der Waals surface area contributed by atoms with Gasteiger partial charge in [-0.1, -0.05) is 128 Å². The van der Waals surface area contributed by atoms with E-state index in [4.69, 9.17) is 4.42 Å². The topological polar surface area (TPSA) is 16.4 Å². The molecular weight excluding hydrogens is 667 g/mol. The first kappa shape index (κ1) is 29.8. The predicted octanol–water partition coefficient (Wildman–Crippen LogP) is 13.0. The lowest BCUT2D eigenvalue weighted by atomic mass is 9.97. The molecule has 3 heterocycles. The van der Waals surface area contributed by atoms with Crippen LogP contribution in [-0.2, 0) is 0 Å². The summed E-state index contributed by atoms with van der Waals surface area (Å²) in [4.78, 5) is 2.46. The summed E-state index contributed by atoms with van der Waals surface area (Å²) in [6.45, 7) is 4.98. The van der Waals surface area contributed by atoms with Crippen molar-refractivity contribution < 1.29 is 4.42 Å². The maximum atomic E-state index is 6.63. The molecule has 0 bridgehead atoms. The van der Waals surface area contributed by atoms with Gasteiger partial charge >= 0.3 is 0 Å². The summed E-state index contributed by atoms with van der Waals surface area (Å²) in [7, 11) is -2.07. The van der Waals surface area contributed by atoms with Crippen LogP contribution in [0.5, 0.6) is 0 Å². The highest BCUT2D eigenvalue weighted by Gasteiger charge is 2.40. The summed E-state index contributed by atoms with van der Waals surface area (Å²) in [5.74, 6) is 0. The van der Waals surface area contributed by atoms with Gasteiger partial charge in [0, 0.05) is 53.6 Å². The van der Waals surface area contributed by atoms with Gasteiger partial charge in [0.15, 0.2) is 0 Å². The summed E-state index contributed by atoms with van der Waals surface area (Å²) < 4.78 is 9.24. The number of anilines is 3. The first-order valence-electron chi connectivity index (χ1n) is 17.9. The Morgan fingerprint density at radius 2 is 1.17 bits per heavy atom. The largest absolute Gasteiger partial charge is 0.455 e. The summed E-state index contributed by atoms with van der Waals surface area (Å²) in [6, 6.07) is 60.3. The number of benzene rings is 8. The molecule has 0 aliphatic carbocycles. The number of thiophene rings is 1. The Balaban J connectivity index is 1.13. The van der Waals surface area contributed by atoms with Crippen molar-refractivity contribution in [1.82, 2.24) is 0 Å². The van der Waals surface area contributed by atoms with Crippen molar-refractivity contribution in [1.29, 1.82) is 0 Å². The molecule has 4 heteroatoms. The molecule has 1 aliphatic rings. The van der Waals surface area contributed by atoms with Crippen LogP contribution in [0.1, 0.15) is 0 Å². The zero-order valence-electron chi connectivity index (χ0n) is 28.9. The van der Waals surface area contributed by atoms with Gasteiger partial charge in [0.2, 0.25) is 0 Å². The van der Waals surface area contributed by atoms with Gasteiger partial charge in [0.1, 0.15) is 19.2 Å². The Kier molecular flexibility index (Phi) is 6.31. The standard InChI is InChI=1S/C48H33NOSSi/c1-52(2)45-26-25-40-37-16-5-7-19-42(37)50-48(40)47(45)41-24-22-34(29-46(41)52)49(33-21-23-39-38-17-6-8-20-43(38)51-44(39)28-33)32-14-9-13-31(27-32)36-18-10-12-30-11-3-4-15-35(30)36/h3-29H,1-2H3. The van der Waals surface area contributed by atoms with Crippen molar-refractivity contribution in [3.63, 3.8) is 0 Å². The maximum absolute atomic E-state index is 6.63. The van der Waals surface area contributed by atoms with E-state index in [1.807, 2.05) is 11.3 Å². The Hall–Kier alpha value is -5.94. The molecule has 0 spiro atoms. The van der Waals surface area contributed by atoms with Crippen molar-refractivity contribution >= 4 is 99.7 Å². The second-order valence-electron chi connectivity index (χ2n) is 14.5. The third-order valence-corrected chi connectivity index (χ3v) is 15.9. The predicted molar refractivity (Wildman–Crippen MR) is 226 cm³/mol. The summed E-state index contributed by atoms with van der Waals surface area (Å²) >= 11 is 1.87. The Bertz CT molecular complexity index is 3070. The number of hydrogen-bond donors (Lipinski definition) is 0. The molecule has 2 nitrogen and oxygen atoms in total. The zero-order chi connectivity index (χ0) is 34.6. The van der Waals surface area contributed by atoms with E-state index in [0.717, 1.165) is 22.5 Å². The smallest absolute Gasteiger partial charge is 0.143 e. The molecule has 0 N–H and O–H groups in total. The average Bonchev–Trinajstić information content (AvgIpc) is 3.82. The van der Waals surface area contributed by atoms with E-state index in [0.29, 0.717) is 0 Å². The quantitative estimate of drug-likeness (QED) is 0.170. The van der Waals surface area contributed by atoms with Gasteiger partial charge in [-0.15, -0.1) is 11.3 Å². The van der Waals surface area contributed by atoms with Crippen LogP contribution >= 0.6 is 11.3 Å². The molecule has 0 saturated carbocycles. The summed E-state index contributed by atoms with van der Waals surface area (Å²) in [5, 5.41) is 10.4. The highest BCUT2D eigenvalue weighted by Crippen LogP contribution is 2.44. The number of para-hydroxylation sites is 1. The van der Waals surface area contributed by atoms with Crippen LogP contribution in [0.3, 0.4) is 0 Å². The minimum Gasteiger partial charge on any atom is -0.455 e. The van der Waals surface area contributed by atoms with Crippen LogP contribution in [-0.4, -0.2) is 8.07 Å². The molecule has 8 aromatic carbocycles. The average molecular weight is 700 g/mol. The van der Waals surface area contributed by atoms with E-state index >= 15 is 0 Å². The molecule has 10 aromatic rings. The Morgan fingerprint density at radius 1 is 0.481 bits per heavy atom. The van der Waals surface area contributed by atoms with Crippen molar-refractivity contribution in [2.75, 3.05) is 4.90 Å². The van der Waals surface area contributed by atoms with Crippen LogP contribution < -0.4 is 15.3 Å². The third kappa shape index (κ3) is 4.29. The molecule has 0 atom stereocenters. The minimum atomic E-state index is -2.07. The Morgan fingerprint density at radius 3 is 2.10 bits per heavy atom. The van der Waals surface area contributed by atoms with E-state index in [-0.39, 0.29) is 0 Å². The van der Waals surface area contributed by atoms with E-state index in [1.165, 1.54) is 80.0 Å². The number of hydrogen-bond acceptors (Lipinski definition) is 3. The number of furan rings is 1. The fourth-order valence-corrected chi connectivity index (χ4v) is 12.9. The molecule has 11 rings (SSSR count). The van der Waals surface area contributed by atoms with E-state index in [2.05, 4.69) is 182 Å². The first-order chi connectivity index (χ1) is 25.5. The highest BCUT2D eigenvalue weighted by atomic mass is 32.1. The normalized spacial score (nSPS) is 13.3. The van der Waals surface area contributed by atoms with Crippen molar-refractivity contribution in [3.8, 4) is 22.3 Å². The van der Waals surface area contributed by atoms with Crippen LogP contribution in [0, 0.1) is 0 Å². The van der Waals surface area contributed by atoms with Crippen molar-refractivity contribution in [3.05, 3.63) is 164 Å². The van der Waals surface area contributed by atoms with Gasteiger partial charge in [-0.25, -0.2) is 0 Å². The molecular formula is C48H33NOSSi. The van der Waals surface area contributed by atoms with E-state index in [1.54, 1.807) is 0 Å². The SMILES string of the molecule is C[Si]1(C)c2cc(N(c3cccc(-c4cccc5ccccc45)c3)c3ccc4c(c3)sc3ccccc34)ccc2-c2c1ccc1c2oc2ccccc21. The molecule has 246 valence electrons. The number of nitrogens with zero attached hydrogens (tertiary/aromatic N) is 1. The molecule has 0 amide bonds. The second-order valence-corrected chi connectivity index (χ2v) is 19.9. The van der Waals surface area contributed by atoms with E-state index < -0.39 is 8.07 Å². The third-order valence-electron chi connectivity index (χ3n) is 11.2. The second kappa shape index (κ2) is 11.0. The van der Waals surface area contributed by atoms with Crippen molar-refractivity contribution in [2.45, 2.75) is 13.1 Å². The monoisotopic (exact) mass is 699 g/mol. The van der Waals surface area contributed by atoms with E-state index in [9.17, 15) is 0 Å². The van der Waals surface area contributed by atoms with Crippen LogP contribution in [0.15, 0.2) is 168 Å². The fraction of sp³-hybridized carbons (Fsp3) is 0.0417. The fourth-order valence-electron chi connectivity index (χ4n) is 8.72. The van der Waals surface area contributed by atoms with Crippen LogP contribution in [0.25, 0.3) is 75.1 Å². The number of fused-ring (bicyclic) bond motifs is 11. The summed E-state index contributed by atoms with van der Waals surface area (Å²) in [5.41, 5.74) is 10.5. The molecule has 0 fully saturated rings. The van der Waals surface area contributed by atoms with Gasteiger partial charge in [0.25, 0.3) is 0 Å².